The number of benzene rings is 1. The zero-order chi connectivity index (χ0) is 18.7. The summed E-state index contributed by atoms with van der Waals surface area (Å²) in [4.78, 5) is 45.6. The van der Waals surface area contributed by atoms with Gasteiger partial charge in [0.1, 0.15) is 6.61 Å². The minimum absolute atomic E-state index is 0.0213. The fourth-order valence-corrected chi connectivity index (χ4v) is 1.63. The second-order valence-electron chi connectivity index (χ2n) is 5.37. The average Bonchev–Trinajstić information content (AvgIpc) is 2.58. The maximum Gasteiger partial charge on any atom is 0.407 e. The third-order valence-corrected chi connectivity index (χ3v) is 2.78. The lowest BCUT2D eigenvalue weighted by molar-refractivity contribution is -0.141. The number of hydrogen-bond acceptors (Lipinski definition) is 5. The van der Waals surface area contributed by atoms with E-state index in [1.807, 2.05) is 35.8 Å². The van der Waals surface area contributed by atoms with Crippen LogP contribution < -0.4 is 21.5 Å². The van der Waals surface area contributed by atoms with E-state index in [4.69, 9.17) is 4.74 Å². The van der Waals surface area contributed by atoms with Crippen molar-refractivity contribution in [3.05, 3.63) is 35.9 Å². The van der Waals surface area contributed by atoms with Crippen molar-refractivity contribution in [3.8, 4) is 0 Å². The zero-order valence-electron chi connectivity index (χ0n) is 14.1. The standard InChI is InChI=1S/C16H22N4O5/c1-11(2)18-14(22)15(23)20-19-13(21)8-9-17-16(24)25-10-12-6-4-3-5-7-12/h3-7,11H,8-10H2,1-2H3,(H,17,24)(H,18,22)(H,19,21)(H,20,23). The van der Waals surface area contributed by atoms with Crippen LogP contribution in [-0.4, -0.2) is 36.4 Å². The summed E-state index contributed by atoms with van der Waals surface area (Å²) >= 11 is 0. The van der Waals surface area contributed by atoms with Gasteiger partial charge < -0.3 is 15.4 Å². The molecule has 1 rings (SSSR count). The number of carbonyl (C=O) groups excluding carboxylic acids is 4. The highest BCUT2D eigenvalue weighted by Gasteiger charge is 2.14. The lowest BCUT2D eigenvalue weighted by Crippen LogP contribution is -2.50. The lowest BCUT2D eigenvalue weighted by atomic mass is 10.2. The Kier molecular flexibility index (Phi) is 8.48. The molecule has 0 atom stereocenters. The summed E-state index contributed by atoms with van der Waals surface area (Å²) in [5.41, 5.74) is 4.90. The molecule has 0 saturated carbocycles. The molecule has 0 radical (unpaired) electrons. The van der Waals surface area contributed by atoms with Gasteiger partial charge in [-0.1, -0.05) is 30.3 Å². The number of alkyl carbamates (subject to hydrolysis) is 1. The van der Waals surface area contributed by atoms with Gasteiger partial charge in [-0.25, -0.2) is 4.79 Å². The Bertz CT molecular complexity index is 604. The minimum Gasteiger partial charge on any atom is -0.445 e. The molecule has 25 heavy (non-hydrogen) atoms. The highest BCUT2D eigenvalue weighted by atomic mass is 16.5. The van der Waals surface area contributed by atoms with E-state index in [0.717, 1.165) is 5.56 Å². The van der Waals surface area contributed by atoms with Crippen LogP contribution >= 0.6 is 0 Å². The Balaban J connectivity index is 2.14. The molecule has 0 aliphatic rings. The maximum absolute atomic E-state index is 11.5. The largest absolute Gasteiger partial charge is 0.445 e. The Labute approximate surface area is 145 Å². The molecule has 0 bridgehead atoms. The van der Waals surface area contributed by atoms with E-state index < -0.39 is 23.8 Å². The Morgan fingerprint density at radius 3 is 2.32 bits per heavy atom. The average molecular weight is 350 g/mol. The second kappa shape index (κ2) is 10.6. The molecule has 0 aliphatic heterocycles. The molecule has 0 spiro atoms. The van der Waals surface area contributed by atoms with Crippen molar-refractivity contribution in [3.63, 3.8) is 0 Å². The number of hydrazine groups is 1. The van der Waals surface area contributed by atoms with E-state index in [2.05, 4.69) is 16.1 Å². The van der Waals surface area contributed by atoms with Crippen LogP contribution in [0.1, 0.15) is 25.8 Å². The molecule has 136 valence electrons. The zero-order valence-corrected chi connectivity index (χ0v) is 14.1. The monoisotopic (exact) mass is 350 g/mol. The molecule has 0 heterocycles. The smallest absolute Gasteiger partial charge is 0.407 e. The van der Waals surface area contributed by atoms with E-state index in [-0.39, 0.29) is 25.6 Å². The van der Waals surface area contributed by atoms with E-state index in [0.29, 0.717) is 0 Å². The van der Waals surface area contributed by atoms with Crippen LogP contribution in [0.2, 0.25) is 0 Å². The van der Waals surface area contributed by atoms with Gasteiger partial charge in [-0.3, -0.25) is 25.2 Å². The number of ether oxygens (including phenoxy) is 1. The third-order valence-electron chi connectivity index (χ3n) is 2.78. The first kappa shape index (κ1) is 19.9. The molecule has 0 unspecified atom stereocenters. The molecular weight excluding hydrogens is 328 g/mol. The lowest BCUT2D eigenvalue weighted by Gasteiger charge is -2.10. The van der Waals surface area contributed by atoms with Crippen molar-refractivity contribution in [1.29, 1.82) is 0 Å². The summed E-state index contributed by atoms with van der Waals surface area (Å²) in [6, 6.07) is 8.96. The second-order valence-corrected chi connectivity index (χ2v) is 5.37. The number of carbonyl (C=O) groups is 4. The van der Waals surface area contributed by atoms with E-state index in [9.17, 15) is 19.2 Å². The van der Waals surface area contributed by atoms with Gasteiger partial charge in [0.2, 0.25) is 5.91 Å². The number of nitrogens with one attached hydrogen (secondary N) is 4. The summed E-state index contributed by atoms with van der Waals surface area (Å²) in [6.45, 7) is 3.55. The van der Waals surface area contributed by atoms with Crippen LogP contribution in [0.15, 0.2) is 30.3 Å². The molecule has 1 aromatic carbocycles. The van der Waals surface area contributed by atoms with Gasteiger partial charge in [-0.2, -0.15) is 0 Å². The first-order valence-electron chi connectivity index (χ1n) is 7.72. The molecule has 9 nitrogen and oxygen atoms in total. The SMILES string of the molecule is CC(C)NC(=O)C(=O)NNC(=O)CCNC(=O)OCc1ccccc1. The predicted molar refractivity (Wildman–Crippen MR) is 88.8 cm³/mol. The Hall–Kier alpha value is -3.10. The number of amides is 4. The van der Waals surface area contributed by atoms with Gasteiger partial charge in [0.15, 0.2) is 0 Å². The highest BCUT2D eigenvalue weighted by molar-refractivity contribution is 6.35. The molecule has 4 N–H and O–H groups in total. The molecule has 9 heteroatoms. The van der Waals surface area contributed by atoms with Crippen molar-refractivity contribution in [2.75, 3.05) is 6.54 Å². The summed E-state index contributed by atoms with van der Waals surface area (Å²) in [5, 5.41) is 4.78. The third kappa shape index (κ3) is 8.94. The summed E-state index contributed by atoms with van der Waals surface area (Å²) in [6.07, 6.45) is -0.746. The van der Waals surface area contributed by atoms with Crippen molar-refractivity contribution in [1.82, 2.24) is 21.5 Å². The van der Waals surface area contributed by atoms with Gasteiger partial charge in [0.25, 0.3) is 0 Å². The normalized spacial score (nSPS) is 9.88. The summed E-state index contributed by atoms with van der Waals surface area (Å²) in [5.74, 6) is -2.38. The fraction of sp³-hybridized carbons (Fsp3) is 0.375. The quantitative estimate of drug-likeness (QED) is 0.424. The summed E-state index contributed by atoms with van der Waals surface area (Å²) in [7, 11) is 0. The summed E-state index contributed by atoms with van der Waals surface area (Å²) < 4.78 is 4.97. The van der Waals surface area contributed by atoms with Gasteiger partial charge in [0, 0.05) is 19.0 Å². The first-order valence-corrected chi connectivity index (χ1v) is 7.72. The first-order chi connectivity index (χ1) is 11.9. The van der Waals surface area contributed by atoms with Crippen LogP contribution in [0, 0.1) is 0 Å². The molecule has 4 amide bonds. The number of hydrogen-bond donors (Lipinski definition) is 4. The Morgan fingerprint density at radius 1 is 1.00 bits per heavy atom. The molecule has 1 aromatic rings. The maximum atomic E-state index is 11.5. The van der Waals surface area contributed by atoms with E-state index in [1.165, 1.54) is 0 Å². The van der Waals surface area contributed by atoms with Gasteiger partial charge in [0.05, 0.1) is 0 Å². The van der Waals surface area contributed by atoms with Crippen LogP contribution in [0.5, 0.6) is 0 Å². The van der Waals surface area contributed by atoms with Crippen LogP contribution in [0.4, 0.5) is 4.79 Å². The number of rotatable bonds is 6. The molecule has 0 aromatic heterocycles. The van der Waals surface area contributed by atoms with Crippen molar-refractivity contribution in [2.45, 2.75) is 32.9 Å². The fourth-order valence-electron chi connectivity index (χ4n) is 1.63. The van der Waals surface area contributed by atoms with Gasteiger partial charge in [-0.05, 0) is 19.4 Å². The van der Waals surface area contributed by atoms with Crippen molar-refractivity contribution in [2.24, 2.45) is 0 Å². The molecule has 0 aliphatic carbocycles. The molecular formula is C16H22N4O5. The van der Waals surface area contributed by atoms with Crippen LogP contribution in [0.3, 0.4) is 0 Å². The van der Waals surface area contributed by atoms with Crippen LogP contribution in [0.25, 0.3) is 0 Å². The minimum atomic E-state index is -0.975. The van der Waals surface area contributed by atoms with Gasteiger partial charge in [-0.15, -0.1) is 0 Å². The van der Waals surface area contributed by atoms with Crippen molar-refractivity contribution >= 4 is 23.8 Å². The predicted octanol–water partition coefficient (Wildman–Crippen LogP) is -0.0251. The van der Waals surface area contributed by atoms with Crippen molar-refractivity contribution < 1.29 is 23.9 Å². The van der Waals surface area contributed by atoms with Gasteiger partial charge >= 0.3 is 17.9 Å². The van der Waals surface area contributed by atoms with E-state index in [1.54, 1.807) is 13.8 Å². The molecule has 0 fully saturated rings. The van der Waals surface area contributed by atoms with E-state index >= 15 is 0 Å². The van der Waals surface area contributed by atoms with Crippen LogP contribution in [-0.2, 0) is 25.7 Å². The molecule has 0 saturated heterocycles. The highest BCUT2D eigenvalue weighted by Crippen LogP contribution is 2.00. The Morgan fingerprint density at radius 2 is 1.68 bits per heavy atom. The topological polar surface area (TPSA) is 126 Å².